The van der Waals surface area contributed by atoms with Crippen LogP contribution in [0.15, 0.2) is 60.4 Å². The molecule has 0 atom stereocenters. The Morgan fingerprint density at radius 1 is 1.05 bits per heavy atom. The SMILES string of the molecule is O=C(Oc1ccccc1)N1CC2=C(O2)c2ccccc21. The van der Waals surface area contributed by atoms with Gasteiger partial charge in [0.05, 0.1) is 12.2 Å². The third-order valence-electron chi connectivity index (χ3n) is 3.35. The number of rotatable bonds is 1. The minimum absolute atomic E-state index is 0.397. The molecule has 2 aromatic carbocycles. The van der Waals surface area contributed by atoms with E-state index < -0.39 is 6.09 Å². The molecule has 4 heteroatoms. The first kappa shape index (κ1) is 11.1. The summed E-state index contributed by atoms with van der Waals surface area (Å²) >= 11 is 0. The van der Waals surface area contributed by atoms with Crippen molar-refractivity contribution < 1.29 is 14.3 Å². The van der Waals surface area contributed by atoms with Crippen LogP contribution in [0.4, 0.5) is 10.5 Å². The molecule has 0 spiro atoms. The van der Waals surface area contributed by atoms with Crippen LogP contribution >= 0.6 is 0 Å². The Kier molecular flexibility index (Phi) is 2.29. The second kappa shape index (κ2) is 4.13. The molecular formula is C16H11NO3. The molecule has 0 saturated carbocycles. The van der Waals surface area contributed by atoms with Crippen molar-refractivity contribution in [1.29, 1.82) is 0 Å². The molecule has 0 saturated heterocycles. The molecule has 98 valence electrons. The monoisotopic (exact) mass is 265 g/mol. The molecule has 4 nitrogen and oxygen atoms in total. The molecule has 0 fully saturated rings. The third kappa shape index (κ3) is 1.73. The highest BCUT2D eigenvalue weighted by Crippen LogP contribution is 2.45. The minimum atomic E-state index is -0.397. The number of carbonyl (C=O) groups excluding carboxylic acids is 1. The Morgan fingerprint density at radius 3 is 2.65 bits per heavy atom. The lowest BCUT2D eigenvalue weighted by atomic mass is 10.1. The van der Waals surface area contributed by atoms with Crippen molar-refractivity contribution >= 4 is 17.5 Å². The van der Waals surface area contributed by atoms with E-state index >= 15 is 0 Å². The smallest absolute Gasteiger partial charge is 0.420 e. The molecule has 0 bridgehead atoms. The summed E-state index contributed by atoms with van der Waals surface area (Å²) in [7, 11) is 0. The summed E-state index contributed by atoms with van der Waals surface area (Å²) < 4.78 is 10.8. The van der Waals surface area contributed by atoms with Crippen LogP contribution < -0.4 is 9.64 Å². The quantitative estimate of drug-likeness (QED) is 0.793. The highest BCUT2D eigenvalue weighted by molar-refractivity contribution is 5.97. The Labute approximate surface area is 115 Å². The summed E-state index contributed by atoms with van der Waals surface area (Å²) in [5.41, 5.74) is 1.77. The van der Waals surface area contributed by atoms with Gasteiger partial charge in [-0.05, 0) is 24.3 Å². The first-order valence-corrected chi connectivity index (χ1v) is 6.38. The fourth-order valence-corrected chi connectivity index (χ4v) is 2.34. The van der Waals surface area contributed by atoms with Gasteiger partial charge in [-0.15, -0.1) is 0 Å². The molecule has 4 rings (SSSR count). The zero-order valence-electron chi connectivity index (χ0n) is 10.6. The van der Waals surface area contributed by atoms with Crippen LogP contribution in [0.25, 0.3) is 5.76 Å². The van der Waals surface area contributed by atoms with E-state index in [0.717, 1.165) is 22.8 Å². The number of carbonyl (C=O) groups is 1. The lowest BCUT2D eigenvalue weighted by molar-refractivity contribution is 0.208. The maximum atomic E-state index is 12.3. The van der Waals surface area contributed by atoms with Crippen molar-refractivity contribution in [3.63, 3.8) is 0 Å². The fraction of sp³-hybridized carbons (Fsp3) is 0.0625. The van der Waals surface area contributed by atoms with Crippen LogP contribution in [0.3, 0.4) is 0 Å². The Morgan fingerprint density at radius 2 is 1.80 bits per heavy atom. The number of hydrogen-bond acceptors (Lipinski definition) is 3. The van der Waals surface area contributed by atoms with E-state index in [9.17, 15) is 4.79 Å². The van der Waals surface area contributed by atoms with Crippen molar-refractivity contribution in [2.45, 2.75) is 0 Å². The van der Waals surface area contributed by atoms with Crippen LogP contribution in [-0.4, -0.2) is 12.6 Å². The number of ether oxygens (including phenoxy) is 2. The molecule has 1 amide bonds. The zero-order valence-corrected chi connectivity index (χ0v) is 10.6. The molecule has 0 radical (unpaired) electrons. The van der Waals surface area contributed by atoms with Gasteiger partial charge in [0, 0.05) is 5.56 Å². The van der Waals surface area contributed by atoms with E-state index in [1.807, 2.05) is 42.5 Å². The number of amides is 1. The van der Waals surface area contributed by atoms with Gasteiger partial charge in [0.2, 0.25) is 0 Å². The predicted molar refractivity (Wildman–Crippen MR) is 74.3 cm³/mol. The van der Waals surface area contributed by atoms with E-state index in [1.165, 1.54) is 0 Å². The van der Waals surface area contributed by atoms with Crippen LogP contribution in [0.2, 0.25) is 0 Å². The van der Waals surface area contributed by atoms with E-state index in [1.54, 1.807) is 17.0 Å². The van der Waals surface area contributed by atoms with Gasteiger partial charge in [0.1, 0.15) is 5.75 Å². The number of para-hydroxylation sites is 2. The first-order valence-electron chi connectivity index (χ1n) is 6.38. The Hall–Kier alpha value is -2.75. The van der Waals surface area contributed by atoms with Gasteiger partial charge in [-0.2, -0.15) is 0 Å². The van der Waals surface area contributed by atoms with Crippen LogP contribution in [0, 0.1) is 0 Å². The molecule has 2 aliphatic heterocycles. The summed E-state index contributed by atoms with van der Waals surface area (Å²) in [6.45, 7) is 0.429. The molecular weight excluding hydrogens is 254 g/mol. The summed E-state index contributed by atoms with van der Waals surface area (Å²) in [4.78, 5) is 13.9. The van der Waals surface area contributed by atoms with Gasteiger partial charge in [0.25, 0.3) is 0 Å². The number of benzene rings is 2. The van der Waals surface area contributed by atoms with Gasteiger partial charge >= 0.3 is 6.09 Å². The summed E-state index contributed by atoms with van der Waals surface area (Å²) in [5, 5.41) is 0. The maximum absolute atomic E-state index is 12.3. The van der Waals surface area contributed by atoms with E-state index in [0.29, 0.717) is 12.3 Å². The molecule has 2 heterocycles. The standard InChI is InChI=1S/C16H11NO3/c18-16(19-11-6-2-1-3-7-11)17-10-14-15(20-14)12-8-4-5-9-13(12)17/h1-9H,10H2. The Bertz CT molecular complexity index is 722. The normalized spacial score (nSPS) is 15.1. The van der Waals surface area contributed by atoms with Crippen molar-refractivity contribution in [3.8, 4) is 5.75 Å². The topological polar surface area (TPSA) is 42.1 Å². The van der Waals surface area contributed by atoms with Gasteiger partial charge in [-0.1, -0.05) is 30.3 Å². The molecule has 0 unspecified atom stereocenters. The van der Waals surface area contributed by atoms with Gasteiger partial charge in [-0.3, -0.25) is 4.90 Å². The molecule has 2 aliphatic rings. The minimum Gasteiger partial charge on any atom is -0.452 e. The second-order valence-corrected chi connectivity index (χ2v) is 4.64. The van der Waals surface area contributed by atoms with Gasteiger partial charge in [0.15, 0.2) is 11.5 Å². The van der Waals surface area contributed by atoms with Crippen molar-refractivity contribution in [3.05, 3.63) is 65.9 Å². The molecule has 2 aromatic rings. The maximum Gasteiger partial charge on any atom is 0.420 e. The van der Waals surface area contributed by atoms with Crippen LogP contribution in [0.5, 0.6) is 5.75 Å². The van der Waals surface area contributed by atoms with Gasteiger partial charge < -0.3 is 9.47 Å². The highest BCUT2D eigenvalue weighted by atomic mass is 16.6. The second-order valence-electron chi connectivity index (χ2n) is 4.64. The molecule has 20 heavy (non-hydrogen) atoms. The molecule has 0 aromatic heterocycles. The van der Waals surface area contributed by atoms with Crippen LogP contribution in [-0.2, 0) is 4.74 Å². The number of fused-ring (bicyclic) bond motifs is 2. The molecule has 0 N–H and O–H groups in total. The average Bonchev–Trinajstić information content (AvgIpc) is 3.27. The van der Waals surface area contributed by atoms with Crippen molar-refractivity contribution in [1.82, 2.24) is 0 Å². The van der Waals surface area contributed by atoms with E-state index in [2.05, 4.69) is 0 Å². The van der Waals surface area contributed by atoms with Crippen LogP contribution in [0.1, 0.15) is 5.56 Å². The predicted octanol–water partition coefficient (Wildman–Crippen LogP) is 3.40. The van der Waals surface area contributed by atoms with Gasteiger partial charge in [-0.25, -0.2) is 4.79 Å². The highest BCUT2D eigenvalue weighted by Gasteiger charge is 2.39. The summed E-state index contributed by atoms with van der Waals surface area (Å²) in [6.07, 6.45) is -0.397. The fourth-order valence-electron chi connectivity index (χ4n) is 2.34. The number of hydrogen-bond donors (Lipinski definition) is 0. The van der Waals surface area contributed by atoms with E-state index in [4.69, 9.17) is 9.47 Å². The van der Waals surface area contributed by atoms with Crippen molar-refractivity contribution in [2.75, 3.05) is 11.4 Å². The molecule has 0 aliphatic carbocycles. The average molecular weight is 265 g/mol. The summed E-state index contributed by atoms with van der Waals surface area (Å²) in [5.74, 6) is 2.27. The summed E-state index contributed by atoms with van der Waals surface area (Å²) in [6, 6.07) is 16.7. The Balaban J connectivity index is 1.63. The third-order valence-corrected chi connectivity index (χ3v) is 3.35. The zero-order chi connectivity index (χ0) is 13.5. The first-order chi connectivity index (χ1) is 9.83. The number of nitrogens with zero attached hydrogens (tertiary/aromatic N) is 1. The largest absolute Gasteiger partial charge is 0.452 e. The van der Waals surface area contributed by atoms with E-state index in [-0.39, 0.29) is 0 Å². The van der Waals surface area contributed by atoms with Crippen molar-refractivity contribution in [2.24, 2.45) is 0 Å². The lowest BCUT2D eigenvalue weighted by Gasteiger charge is -2.22. The number of anilines is 1. The lowest BCUT2D eigenvalue weighted by Crippen LogP contribution is -2.35.